The number of nitrogens with zero attached hydrogens (tertiary/aromatic N) is 1. The van der Waals surface area contributed by atoms with Crippen molar-refractivity contribution < 1.29 is 10.2 Å². The average molecular weight is 188 g/mol. The topological polar surface area (TPSA) is 69.7 Å². The van der Waals surface area contributed by atoms with Gasteiger partial charge in [-0.25, -0.2) is 0 Å². The van der Waals surface area contributed by atoms with Crippen molar-refractivity contribution >= 4 is 0 Å². The van der Waals surface area contributed by atoms with E-state index in [0.29, 0.717) is 13.1 Å². The number of hydrogen-bond acceptors (Lipinski definition) is 4. The van der Waals surface area contributed by atoms with Crippen molar-refractivity contribution in [2.45, 2.75) is 25.5 Å². The second kappa shape index (κ2) is 3.92. The summed E-state index contributed by atoms with van der Waals surface area (Å²) in [5, 5.41) is 18.6. The van der Waals surface area contributed by atoms with Crippen molar-refractivity contribution in [2.75, 3.05) is 26.2 Å². The molecule has 0 spiro atoms. The number of β-amino-alcohol motifs (C(OH)–C–C–N with tert-alkyl or cyclic N) is 1. The summed E-state index contributed by atoms with van der Waals surface area (Å²) in [6, 6.07) is 0. The van der Waals surface area contributed by atoms with E-state index in [1.54, 1.807) is 0 Å². The summed E-state index contributed by atoms with van der Waals surface area (Å²) in [5.74, 6) is -0.00850. The molecule has 1 fully saturated rings. The molecule has 1 rings (SSSR count). The van der Waals surface area contributed by atoms with Gasteiger partial charge in [0.1, 0.15) is 0 Å². The van der Waals surface area contributed by atoms with Crippen LogP contribution >= 0.6 is 0 Å². The molecule has 0 saturated carbocycles. The molecule has 0 bridgehead atoms. The van der Waals surface area contributed by atoms with Crippen molar-refractivity contribution in [3.8, 4) is 0 Å². The van der Waals surface area contributed by atoms with Gasteiger partial charge in [0, 0.05) is 37.7 Å². The Bertz CT molecular complexity index is 173. The molecule has 0 aromatic heterocycles. The average Bonchev–Trinajstić information content (AvgIpc) is 2.47. The predicted molar refractivity (Wildman–Crippen MR) is 51.3 cm³/mol. The summed E-state index contributed by atoms with van der Waals surface area (Å²) in [6.07, 6.45) is -0.407. The fourth-order valence-electron chi connectivity index (χ4n) is 1.66. The summed E-state index contributed by atoms with van der Waals surface area (Å²) in [6.45, 7) is 6.09. The molecule has 4 N–H and O–H groups in total. The number of rotatable bonds is 3. The molecule has 1 heterocycles. The van der Waals surface area contributed by atoms with E-state index in [4.69, 9.17) is 10.8 Å². The van der Waals surface area contributed by atoms with E-state index < -0.39 is 6.10 Å². The highest BCUT2D eigenvalue weighted by molar-refractivity contribution is 4.92. The fraction of sp³-hybridized carbons (Fsp3) is 1.00. The molecule has 4 nitrogen and oxygen atoms in total. The lowest BCUT2D eigenvalue weighted by Gasteiger charge is -2.34. The summed E-state index contributed by atoms with van der Waals surface area (Å²) < 4.78 is 0. The standard InChI is InChI=1S/C9H20N2O2/c1-9(2,6-10)11-3-7(5-12)8(13)4-11/h7-8,12-13H,3-6,10H2,1-2H3. The molecule has 0 aromatic carbocycles. The molecule has 0 radical (unpaired) electrons. The number of aliphatic hydroxyl groups excluding tert-OH is 2. The Balaban J connectivity index is 2.57. The van der Waals surface area contributed by atoms with Gasteiger partial charge in [-0.15, -0.1) is 0 Å². The van der Waals surface area contributed by atoms with Crippen LogP contribution in [0.4, 0.5) is 0 Å². The van der Waals surface area contributed by atoms with Gasteiger partial charge in [0.15, 0.2) is 0 Å². The van der Waals surface area contributed by atoms with Crippen molar-refractivity contribution in [2.24, 2.45) is 11.7 Å². The minimum Gasteiger partial charge on any atom is -0.396 e. The summed E-state index contributed by atoms with van der Waals surface area (Å²) in [7, 11) is 0. The zero-order valence-corrected chi connectivity index (χ0v) is 8.40. The monoisotopic (exact) mass is 188 g/mol. The molecule has 1 saturated heterocycles. The van der Waals surface area contributed by atoms with Gasteiger partial charge in [0.25, 0.3) is 0 Å². The first-order valence-electron chi connectivity index (χ1n) is 4.75. The van der Waals surface area contributed by atoms with Crippen molar-refractivity contribution in [1.82, 2.24) is 4.90 Å². The molecule has 2 atom stereocenters. The van der Waals surface area contributed by atoms with E-state index >= 15 is 0 Å². The van der Waals surface area contributed by atoms with Crippen LogP contribution in [0.3, 0.4) is 0 Å². The number of hydrogen-bond donors (Lipinski definition) is 3. The molecule has 4 heteroatoms. The lowest BCUT2D eigenvalue weighted by Crippen LogP contribution is -2.48. The van der Waals surface area contributed by atoms with Crippen molar-refractivity contribution in [3.63, 3.8) is 0 Å². The van der Waals surface area contributed by atoms with E-state index in [1.807, 2.05) is 0 Å². The lowest BCUT2D eigenvalue weighted by molar-refractivity contribution is 0.0994. The van der Waals surface area contributed by atoms with E-state index in [9.17, 15) is 5.11 Å². The smallest absolute Gasteiger partial charge is 0.0729 e. The van der Waals surface area contributed by atoms with Crippen LogP contribution in [0.15, 0.2) is 0 Å². The summed E-state index contributed by atoms with van der Waals surface area (Å²) in [4.78, 5) is 2.14. The van der Waals surface area contributed by atoms with Crippen LogP contribution in [0, 0.1) is 5.92 Å². The normalized spacial score (nSPS) is 31.2. The molecule has 0 aliphatic carbocycles. The Hall–Kier alpha value is -0.160. The van der Waals surface area contributed by atoms with E-state index in [1.165, 1.54) is 0 Å². The SMILES string of the molecule is CC(C)(CN)N1CC(O)C(CO)C1. The molecule has 0 aromatic rings. The van der Waals surface area contributed by atoms with Crippen LogP contribution in [0.2, 0.25) is 0 Å². The second-order valence-corrected chi connectivity index (χ2v) is 4.43. The van der Waals surface area contributed by atoms with Crippen molar-refractivity contribution in [3.05, 3.63) is 0 Å². The Morgan fingerprint density at radius 1 is 1.46 bits per heavy atom. The second-order valence-electron chi connectivity index (χ2n) is 4.43. The van der Waals surface area contributed by atoms with Gasteiger partial charge >= 0.3 is 0 Å². The number of aliphatic hydroxyl groups is 2. The van der Waals surface area contributed by atoms with E-state index in [0.717, 1.165) is 6.54 Å². The first-order valence-corrected chi connectivity index (χ1v) is 4.75. The van der Waals surface area contributed by atoms with Gasteiger partial charge in [-0.2, -0.15) is 0 Å². The van der Waals surface area contributed by atoms with Crippen LogP contribution in [0.1, 0.15) is 13.8 Å². The highest BCUT2D eigenvalue weighted by atomic mass is 16.3. The van der Waals surface area contributed by atoms with Gasteiger partial charge in [0.2, 0.25) is 0 Å². The predicted octanol–water partition coefficient (Wildman–Crippen LogP) is -0.991. The minimum absolute atomic E-state index is 0.00850. The Morgan fingerprint density at radius 2 is 2.08 bits per heavy atom. The van der Waals surface area contributed by atoms with Gasteiger partial charge in [-0.1, -0.05) is 0 Å². The molecule has 1 aliphatic heterocycles. The van der Waals surface area contributed by atoms with Crippen molar-refractivity contribution in [1.29, 1.82) is 0 Å². The Labute approximate surface area is 79.3 Å². The highest BCUT2D eigenvalue weighted by Crippen LogP contribution is 2.24. The molecule has 1 aliphatic rings. The molecule has 2 unspecified atom stereocenters. The summed E-state index contributed by atoms with van der Waals surface area (Å²) >= 11 is 0. The fourth-order valence-corrected chi connectivity index (χ4v) is 1.66. The lowest BCUT2D eigenvalue weighted by atomic mass is 10.0. The van der Waals surface area contributed by atoms with Gasteiger partial charge in [-0.05, 0) is 13.8 Å². The molecular weight excluding hydrogens is 168 g/mol. The largest absolute Gasteiger partial charge is 0.396 e. The first-order chi connectivity index (χ1) is 6.01. The Morgan fingerprint density at radius 3 is 2.46 bits per heavy atom. The van der Waals surface area contributed by atoms with Crippen LogP contribution < -0.4 is 5.73 Å². The molecule has 0 amide bonds. The van der Waals surface area contributed by atoms with E-state index in [2.05, 4.69) is 18.7 Å². The summed E-state index contributed by atoms with van der Waals surface area (Å²) in [5.41, 5.74) is 5.55. The van der Waals surface area contributed by atoms with Gasteiger partial charge in [0.05, 0.1) is 6.10 Å². The van der Waals surface area contributed by atoms with E-state index in [-0.39, 0.29) is 18.1 Å². The maximum atomic E-state index is 9.58. The third kappa shape index (κ3) is 2.20. The zero-order chi connectivity index (χ0) is 10.1. The zero-order valence-electron chi connectivity index (χ0n) is 8.40. The molecule has 13 heavy (non-hydrogen) atoms. The highest BCUT2D eigenvalue weighted by Gasteiger charge is 2.37. The van der Waals surface area contributed by atoms with Gasteiger partial charge < -0.3 is 15.9 Å². The third-order valence-corrected chi connectivity index (χ3v) is 3.00. The van der Waals surface area contributed by atoms with Crippen LogP contribution in [-0.4, -0.2) is 53.0 Å². The third-order valence-electron chi connectivity index (χ3n) is 3.00. The van der Waals surface area contributed by atoms with Crippen LogP contribution in [0.25, 0.3) is 0 Å². The molecular formula is C9H20N2O2. The number of nitrogens with two attached hydrogens (primary N) is 1. The maximum Gasteiger partial charge on any atom is 0.0729 e. The minimum atomic E-state index is -0.407. The number of likely N-dealkylation sites (tertiary alicyclic amines) is 1. The first kappa shape index (κ1) is 10.9. The van der Waals surface area contributed by atoms with Crippen LogP contribution in [-0.2, 0) is 0 Å². The Kier molecular flexibility index (Phi) is 3.29. The molecule has 78 valence electrons. The maximum absolute atomic E-state index is 9.58. The quantitative estimate of drug-likeness (QED) is 0.532. The van der Waals surface area contributed by atoms with Crippen LogP contribution in [0.5, 0.6) is 0 Å². The van der Waals surface area contributed by atoms with Gasteiger partial charge in [-0.3, -0.25) is 4.90 Å².